The molecule has 0 bridgehead atoms. The van der Waals surface area contributed by atoms with Crippen molar-refractivity contribution >= 4 is 23.4 Å². The van der Waals surface area contributed by atoms with Crippen molar-refractivity contribution in [3.05, 3.63) is 35.3 Å². The van der Waals surface area contributed by atoms with Gasteiger partial charge in [-0.3, -0.25) is 9.98 Å². The Hall–Kier alpha value is -1.34. The van der Waals surface area contributed by atoms with E-state index in [0.717, 1.165) is 18.8 Å². The van der Waals surface area contributed by atoms with Crippen molar-refractivity contribution in [1.82, 2.24) is 10.3 Å². The molecular formula is C15H20F3N3S. The summed E-state index contributed by atoms with van der Waals surface area (Å²) in [6.45, 7) is 7.52. The van der Waals surface area contributed by atoms with E-state index in [1.807, 2.05) is 0 Å². The van der Waals surface area contributed by atoms with Crippen LogP contribution in [0.5, 0.6) is 0 Å². The number of aromatic nitrogens is 1. The molecular weight excluding hydrogens is 311 g/mol. The molecule has 22 heavy (non-hydrogen) atoms. The maximum atomic E-state index is 13.2. The maximum Gasteiger partial charge on any atom is 0.399 e. The van der Waals surface area contributed by atoms with Gasteiger partial charge in [-0.05, 0) is 52.2 Å². The minimum Gasteiger partial charge on any atom is -0.311 e. The lowest BCUT2D eigenvalue weighted by Gasteiger charge is -2.27. The lowest BCUT2D eigenvalue weighted by atomic mass is 9.87. The van der Waals surface area contributed by atoms with Gasteiger partial charge in [0, 0.05) is 17.0 Å². The van der Waals surface area contributed by atoms with Gasteiger partial charge < -0.3 is 5.32 Å². The van der Waals surface area contributed by atoms with E-state index in [2.05, 4.69) is 22.0 Å². The van der Waals surface area contributed by atoms with Crippen LogP contribution in [0.3, 0.4) is 0 Å². The van der Waals surface area contributed by atoms with Gasteiger partial charge in [0.2, 0.25) is 0 Å². The smallest absolute Gasteiger partial charge is 0.311 e. The summed E-state index contributed by atoms with van der Waals surface area (Å²) < 4.78 is 39.6. The molecule has 1 heterocycles. The summed E-state index contributed by atoms with van der Waals surface area (Å²) >= 11 is 1.46. The molecule has 0 aliphatic heterocycles. The summed E-state index contributed by atoms with van der Waals surface area (Å²) in [5.41, 5.74) is -0.705. The van der Waals surface area contributed by atoms with Gasteiger partial charge in [0.15, 0.2) is 0 Å². The second-order valence-electron chi connectivity index (χ2n) is 5.27. The van der Waals surface area contributed by atoms with Gasteiger partial charge >= 0.3 is 6.18 Å². The lowest BCUT2D eigenvalue weighted by Crippen LogP contribution is -2.37. The van der Waals surface area contributed by atoms with E-state index in [0.29, 0.717) is 17.1 Å². The van der Waals surface area contributed by atoms with Crippen LogP contribution in [-0.4, -0.2) is 30.8 Å². The van der Waals surface area contributed by atoms with Crippen molar-refractivity contribution < 1.29 is 13.2 Å². The maximum absolute atomic E-state index is 13.2. The molecule has 1 N–H and O–H groups in total. The average molecular weight is 331 g/mol. The number of nitrogens with zero attached hydrogens (tertiary/aromatic N) is 2. The van der Waals surface area contributed by atoms with Gasteiger partial charge in [-0.25, -0.2) is 0 Å². The first-order chi connectivity index (χ1) is 10.1. The average Bonchev–Trinajstić information content (AvgIpc) is 2.46. The first-order valence-corrected chi connectivity index (χ1v) is 7.62. The number of halogens is 3. The normalized spacial score (nSPS) is 13.8. The molecule has 0 atom stereocenters. The van der Waals surface area contributed by atoms with Gasteiger partial charge in [0.05, 0.1) is 11.4 Å². The van der Waals surface area contributed by atoms with E-state index in [9.17, 15) is 13.2 Å². The molecule has 0 fully saturated rings. The number of allylic oxidation sites excluding steroid dienone is 1. The number of alkyl halides is 3. The standard InChI is InChI=1S/C15H20F3N3S/c1-10(20-5)13(22-9-19-4)11-6-7-21-12(8-11)14(2,3)15(16,17)18/h6-8,19H,5,9H2,1-4H3/b13-10-. The van der Waals surface area contributed by atoms with Crippen LogP contribution in [0.2, 0.25) is 0 Å². The molecule has 0 saturated heterocycles. The molecule has 1 aromatic heterocycles. The van der Waals surface area contributed by atoms with Crippen molar-refractivity contribution in [1.29, 1.82) is 0 Å². The molecule has 0 aromatic carbocycles. The van der Waals surface area contributed by atoms with Crippen LogP contribution in [-0.2, 0) is 5.41 Å². The first kappa shape index (κ1) is 18.7. The van der Waals surface area contributed by atoms with E-state index in [4.69, 9.17) is 0 Å². The minimum absolute atomic E-state index is 0.0167. The van der Waals surface area contributed by atoms with Crippen LogP contribution in [0.25, 0.3) is 4.91 Å². The fraction of sp³-hybridized carbons (Fsp3) is 0.467. The molecule has 0 amide bonds. The van der Waals surface area contributed by atoms with Crippen molar-refractivity contribution in [2.24, 2.45) is 4.99 Å². The topological polar surface area (TPSA) is 37.3 Å². The summed E-state index contributed by atoms with van der Waals surface area (Å²) in [6.07, 6.45) is -2.97. The molecule has 0 saturated carbocycles. The molecule has 1 rings (SSSR count). The SMILES string of the molecule is C=N/C(C)=C(\SCNC)c1ccnc(C(C)(C)C(F)(F)F)c1. The van der Waals surface area contributed by atoms with Crippen LogP contribution in [0.4, 0.5) is 13.2 Å². The van der Waals surface area contributed by atoms with Crippen LogP contribution < -0.4 is 5.32 Å². The molecule has 0 unspecified atom stereocenters. The van der Waals surface area contributed by atoms with Crippen molar-refractivity contribution in [2.75, 3.05) is 12.9 Å². The molecule has 0 spiro atoms. The number of pyridine rings is 1. The molecule has 0 radical (unpaired) electrons. The molecule has 0 aliphatic carbocycles. The summed E-state index contributed by atoms with van der Waals surface area (Å²) in [6, 6.07) is 3.16. The van der Waals surface area contributed by atoms with E-state index in [1.165, 1.54) is 24.0 Å². The Morgan fingerprint density at radius 3 is 2.55 bits per heavy atom. The Morgan fingerprint density at radius 1 is 1.41 bits per heavy atom. The third-order valence-corrected chi connectivity index (χ3v) is 4.55. The monoisotopic (exact) mass is 331 g/mol. The fourth-order valence-corrected chi connectivity index (χ4v) is 2.53. The van der Waals surface area contributed by atoms with Gasteiger partial charge in [-0.1, -0.05) is 0 Å². The Kier molecular flexibility index (Phi) is 6.19. The van der Waals surface area contributed by atoms with E-state index < -0.39 is 11.6 Å². The second kappa shape index (κ2) is 7.28. The zero-order valence-electron chi connectivity index (χ0n) is 13.1. The lowest BCUT2D eigenvalue weighted by molar-refractivity contribution is -0.181. The Bertz CT molecular complexity index is 565. The highest BCUT2D eigenvalue weighted by Crippen LogP contribution is 2.41. The van der Waals surface area contributed by atoms with Crippen LogP contribution >= 0.6 is 11.8 Å². The molecule has 3 nitrogen and oxygen atoms in total. The molecule has 122 valence electrons. The van der Waals surface area contributed by atoms with Crippen LogP contribution in [0, 0.1) is 0 Å². The Balaban J connectivity index is 3.33. The minimum atomic E-state index is -4.37. The number of rotatable bonds is 6. The molecule has 7 heteroatoms. The number of thioether (sulfide) groups is 1. The highest BCUT2D eigenvalue weighted by molar-refractivity contribution is 8.08. The zero-order valence-corrected chi connectivity index (χ0v) is 13.9. The number of aliphatic imine (C=N–C) groups is 1. The van der Waals surface area contributed by atoms with Gasteiger partial charge in [-0.15, -0.1) is 11.8 Å². The number of hydrogen-bond donors (Lipinski definition) is 1. The molecule has 1 aromatic rings. The summed E-state index contributed by atoms with van der Waals surface area (Å²) in [7, 11) is 1.80. The van der Waals surface area contributed by atoms with E-state index in [1.54, 1.807) is 20.0 Å². The predicted octanol–water partition coefficient (Wildman–Crippen LogP) is 4.22. The van der Waals surface area contributed by atoms with Crippen LogP contribution in [0.15, 0.2) is 29.0 Å². The second-order valence-corrected chi connectivity index (χ2v) is 6.25. The fourth-order valence-electron chi connectivity index (χ4n) is 1.67. The highest BCUT2D eigenvalue weighted by Gasteiger charge is 2.49. The van der Waals surface area contributed by atoms with Gasteiger partial charge in [0.25, 0.3) is 0 Å². The third kappa shape index (κ3) is 4.10. The highest BCUT2D eigenvalue weighted by atomic mass is 32.2. The zero-order chi connectivity index (χ0) is 17.0. The first-order valence-electron chi connectivity index (χ1n) is 6.63. The van der Waals surface area contributed by atoms with Gasteiger partial charge in [-0.2, -0.15) is 13.2 Å². The predicted molar refractivity (Wildman–Crippen MR) is 87.0 cm³/mol. The Labute approximate surface area is 133 Å². The van der Waals surface area contributed by atoms with Crippen molar-refractivity contribution in [2.45, 2.75) is 32.4 Å². The van der Waals surface area contributed by atoms with Crippen molar-refractivity contribution in [3.63, 3.8) is 0 Å². The van der Waals surface area contributed by atoms with Gasteiger partial charge in [0.1, 0.15) is 5.41 Å². The Morgan fingerprint density at radius 2 is 2.05 bits per heavy atom. The number of nitrogens with one attached hydrogen (secondary N) is 1. The van der Waals surface area contributed by atoms with Crippen LogP contribution in [0.1, 0.15) is 32.0 Å². The van der Waals surface area contributed by atoms with E-state index in [-0.39, 0.29) is 5.69 Å². The quantitative estimate of drug-likeness (QED) is 0.626. The van der Waals surface area contributed by atoms with Crippen molar-refractivity contribution in [3.8, 4) is 0 Å². The summed E-state index contributed by atoms with van der Waals surface area (Å²) in [5, 5.41) is 2.99. The largest absolute Gasteiger partial charge is 0.399 e. The summed E-state index contributed by atoms with van der Waals surface area (Å²) in [4.78, 5) is 8.59. The molecule has 0 aliphatic rings. The third-order valence-electron chi connectivity index (χ3n) is 3.30. The van der Waals surface area contributed by atoms with E-state index >= 15 is 0 Å². The summed E-state index contributed by atoms with van der Waals surface area (Å²) in [5.74, 6) is 0.614. The number of hydrogen-bond acceptors (Lipinski definition) is 4.